The van der Waals surface area contributed by atoms with Gasteiger partial charge in [-0.15, -0.1) is 0 Å². The quantitative estimate of drug-likeness (QED) is 0.516. The molecule has 138 valence electrons. The van der Waals surface area contributed by atoms with Gasteiger partial charge in [0.25, 0.3) is 0 Å². The first-order valence-electron chi connectivity index (χ1n) is 8.44. The van der Waals surface area contributed by atoms with Gasteiger partial charge in [0.05, 0.1) is 23.7 Å². The van der Waals surface area contributed by atoms with E-state index in [-0.39, 0.29) is 19.2 Å². The summed E-state index contributed by atoms with van der Waals surface area (Å²) in [7, 11) is 0. The minimum absolute atomic E-state index is 0.156. The molecule has 5 nitrogen and oxygen atoms in total. The van der Waals surface area contributed by atoms with E-state index in [9.17, 15) is 4.79 Å². The Kier molecular flexibility index (Phi) is 7.19. The lowest BCUT2D eigenvalue weighted by Crippen LogP contribution is -2.13. The second kappa shape index (κ2) is 10.0. The van der Waals surface area contributed by atoms with Crippen LogP contribution in [0.15, 0.2) is 53.5 Å². The lowest BCUT2D eigenvalue weighted by Gasteiger charge is -2.10. The molecule has 0 aliphatic carbocycles. The Morgan fingerprint density at radius 1 is 1.19 bits per heavy atom. The highest BCUT2D eigenvalue weighted by Gasteiger charge is 2.14. The third-order valence-corrected chi connectivity index (χ3v) is 6.02. The van der Waals surface area contributed by atoms with Crippen molar-refractivity contribution < 1.29 is 14.3 Å². The summed E-state index contributed by atoms with van der Waals surface area (Å²) >= 11 is 3.41. The predicted molar refractivity (Wildman–Crippen MR) is 109 cm³/mol. The zero-order chi connectivity index (χ0) is 18.9. The Morgan fingerprint density at radius 2 is 2.00 bits per heavy atom. The van der Waals surface area contributed by atoms with Gasteiger partial charge in [0.1, 0.15) is 23.3 Å². The standard InChI is InChI=1S/C20H18N2O3S2/c21-13-15-5-7-17(8-6-15)24-10-11-25-19(23)18-4-2-1-3-16(18)14-27-20-22-9-12-26-20/h1-8H,9-12,14H2. The van der Waals surface area contributed by atoms with Crippen molar-refractivity contribution in [3.8, 4) is 11.8 Å². The largest absolute Gasteiger partial charge is 0.490 e. The monoisotopic (exact) mass is 398 g/mol. The molecule has 0 amide bonds. The molecule has 0 unspecified atom stereocenters. The molecule has 2 aromatic rings. The van der Waals surface area contributed by atoms with Crippen LogP contribution in [0.5, 0.6) is 5.75 Å². The number of nitriles is 1. The van der Waals surface area contributed by atoms with E-state index in [1.165, 1.54) is 0 Å². The first kappa shape index (κ1) is 19.3. The van der Waals surface area contributed by atoms with Gasteiger partial charge < -0.3 is 9.47 Å². The number of aliphatic imine (C=N–C) groups is 1. The van der Waals surface area contributed by atoms with Crippen molar-refractivity contribution >= 4 is 33.9 Å². The van der Waals surface area contributed by atoms with Crippen LogP contribution in [0.25, 0.3) is 0 Å². The lowest BCUT2D eigenvalue weighted by atomic mass is 10.1. The molecule has 1 heterocycles. The van der Waals surface area contributed by atoms with E-state index >= 15 is 0 Å². The molecule has 0 fully saturated rings. The smallest absolute Gasteiger partial charge is 0.338 e. The molecule has 0 radical (unpaired) electrons. The summed E-state index contributed by atoms with van der Waals surface area (Å²) in [5.74, 6) is 2.01. The molecular weight excluding hydrogens is 380 g/mol. The van der Waals surface area contributed by atoms with Crippen LogP contribution < -0.4 is 4.74 Å². The Balaban J connectivity index is 1.48. The van der Waals surface area contributed by atoms with E-state index in [2.05, 4.69) is 11.1 Å². The molecule has 7 heteroatoms. The van der Waals surface area contributed by atoms with Crippen molar-refractivity contribution in [3.63, 3.8) is 0 Å². The number of hydrogen-bond donors (Lipinski definition) is 0. The van der Waals surface area contributed by atoms with Crippen molar-refractivity contribution in [1.29, 1.82) is 5.26 Å². The number of ether oxygens (including phenoxy) is 2. The topological polar surface area (TPSA) is 71.7 Å². The number of thioether (sulfide) groups is 2. The Bertz CT molecular complexity index is 860. The summed E-state index contributed by atoms with van der Waals surface area (Å²) in [6.45, 7) is 1.28. The fourth-order valence-corrected chi connectivity index (χ4v) is 4.40. The normalized spacial score (nSPS) is 12.9. The Morgan fingerprint density at radius 3 is 2.74 bits per heavy atom. The van der Waals surface area contributed by atoms with E-state index in [4.69, 9.17) is 14.7 Å². The van der Waals surface area contributed by atoms with Crippen LogP contribution in [0.4, 0.5) is 0 Å². The highest BCUT2D eigenvalue weighted by atomic mass is 32.2. The second-order valence-electron chi connectivity index (χ2n) is 5.56. The van der Waals surface area contributed by atoms with E-state index in [0.717, 1.165) is 22.2 Å². The van der Waals surface area contributed by atoms with E-state index in [1.807, 2.05) is 18.2 Å². The van der Waals surface area contributed by atoms with Gasteiger partial charge in [0.2, 0.25) is 0 Å². The number of benzene rings is 2. The van der Waals surface area contributed by atoms with Gasteiger partial charge in [-0.25, -0.2) is 4.79 Å². The molecule has 0 bridgehead atoms. The van der Waals surface area contributed by atoms with Crippen molar-refractivity contribution in [3.05, 3.63) is 65.2 Å². The van der Waals surface area contributed by atoms with Crippen molar-refractivity contribution in [1.82, 2.24) is 0 Å². The highest BCUT2D eigenvalue weighted by Crippen LogP contribution is 2.26. The Hall–Kier alpha value is -2.43. The van der Waals surface area contributed by atoms with E-state index in [0.29, 0.717) is 22.6 Å². The molecule has 0 saturated heterocycles. The molecule has 0 atom stereocenters. The maximum atomic E-state index is 12.4. The van der Waals surface area contributed by atoms with Crippen molar-refractivity contribution in [2.24, 2.45) is 4.99 Å². The summed E-state index contributed by atoms with van der Waals surface area (Å²) < 4.78 is 12.0. The van der Waals surface area contributed by atoms with Crippen molar-refractivity contribution in [2.45, 2.75) is 5.75 Å². The maximum Gasteiger partial charge on any atom is 0.338 e. The molecule has 27 heavy (non-hydrogen) atoms. The average molecular weight is 399 g/mol. The van der Waals surface area contributed by atoms with Gasteiger partial charge in [-0.2, -0.15) is 5.26 Å². The van der Waals surface area contributed by atoms with E-state index < -0.39 is 0 Å². The molecule has 1 aliphatic rings. The van der Waals surface area contributed by atoms with Gasteiger partial charge in [0.15, 0.2) is 0 Å². The molecule has 0 spiro atoms. The third kappa shape index (κ3) is 5.78. The van der Waals surface area contributed by atoms with Crippen LogP contribution in [-0.4, -0.2) is 35.9 Å². The van der Waals surface area contributed by atoms with Gasteiger partial charge in [-0.3, -0.25) is 4.99 Å². The van der Waals surface area contributed by atoms with Gasteiger partial charge in [-0.1, -0.05) is 41.7 Å². The lowest BCUT2D eigenvalue weighted by molar-refractivity contribution is 0.0449. The van der Waals surface area contributed by atoms with Crippen LogP contribution >= 0.6 is 23.5 Å². The minimum Gasteiger partial charge on any atom is -0.490 e. The molecule has 1 aliphatic heterocycles. The number of carbonyl (C=O) groups is 1. The van der Waals surface area contributed by atoms with Crippen LogP contribution in [0.3, 0.4) is 0 Å². The van der Waals surface area contributed by atoms with Crippen LogP contribution in [-0.2, 0) is 10.5 Å². The van der Waals surface area contributed by atoms with Gasteiger partial charge in [0, 0.05) is 11.5 Å². The highest BCUT2D eigenvalue weighted by molar-refractivity contribution is 8.38. The molecule has 0 aromatic heterocycles. The summed E-state index contributed by atoms with van der Waals surface area (Å²) in [6, 6.07) is 16.3. The summed E-state index contributed by atoms with van der Waals surface area (Å²) in [4.78, 5) is 16.8. The maximum absolute atomic E-state index is 12.4. The predicted octanol–water partition coefficient (Wildman–Crippen LogP) is 4.13. The van der Waals surface area contributed by atoms with Gasteiger partial charge >= 0.3 is 5.97 Å². The van der Waals surface area contributed by atoms with E-state index in [1.54, 1.807) is 53.9 Å². The summed E-state index contributed by atoms with van der Waals surface area (Å²) in [5.41, 5.74) is 2.09. The number of nitrogens with zero attached hydrogens (tertiary/aromatic N) is 2. The fraction of sp³-hybridized carbons (Fsp3) is 0.250. The van der Waals surface area contributed by atoms with Crippen LogP contribution in [0.2, 0.25) is 0 Å². The molecule has 0 saturated carbocycles. The first-order valence-corrected chi connectivity index (χ1v) is 10.4. The average Bonchev–Trinajstić information content (AvgIpc) is 3.24. The second-order valence-corrected chi connectivity index (χ2v) is 7.87. The minimum atomic E-state index is -0.351. The van der Waals surface area contributed by atoms with Gasteiger partial charge in [-0.05, 0) is 35.9 Å². The van der Waals surface area contributed by atoms with Crippen LogP contribution in [0.1, 0.15) is 21.5 Å². The number of hydrogen-bond acceptors (Lipinski definition) is 7. The van der Waals surface area contributed by atoms with Crippen molar-refractivity contribution in [2.75, 3.05) is 25.5 Å². The SMILES string of the molecule is N#Cc1ccc(OCCOC(=O)c2ccccc2CSC2=NCCS2)cc1. The zero-order valence-electron chi connectivity index (χ0n) is 14.6. The summed E-state index contributed by atoms with van der Waals surface area (Å²) in [6.07, 6.45) is 0. The molecule has 2 aromatic carbocycles. The Labute approximate surface area is 166 Å². The molecular formula is C20H18N2O3S2. The number of carbonyl (C=O) groups excluding carboxylic acids is 1. The van der Waals surface area contributed by atoms with Crippen LogP contribution in [0, 0.1) is 11.3 Å². The molecule has 3 rings (SSSR count). The number of esters is 1. The zero-order valence-corrected chi connectivity index (χ0v) is 16.2. The summed E-state index contributed by atoms with van der Waals surface area (Å²) in [5, 5.41) is 8.78. The first-order chi connectivity index (χ1) is 13.3. The number of rotatable bonds is 7. The molecule has 0 N–H and O–H groups in total. The fourth-order valence-electron chi connectivity index (χ4n) is 2.38. The third-order valence-electron chi connectivity index (χ3n) is 3.71.